The van der Waals surface area contributed by atoms with Crippen molar-refractivity contribution >= 4 is 47.7 Å². The van der Waals surface area contributed by atoms with Crippen molar-refractivity contribution in [2.45, 2.75) is 42.2 Å². The average Bonchev–Trinajstić information content (AvgIpc) is 2.41. The highest BCUT2D eigenvalue weighted by atomic mass is 79.9. The molecule has 1 aliphatic carbocycles. The maximum atomic E-state index is 13.0. The number of benzene rings is 1. The van der Waals surface area contributed by atoms with Gasteiger partial charge in [0.25, 0.3) is 0 Å². The summed E-state index contributed by atoms with van der Waals surface area (Å²) >= 11 is 6.47. The predicted octanol–water partition coefficient (Wildman–Crippen LogP) is 4.02. The molecule has 1 fully saturated rings. The van der Waals surface area contributed by atoms with E-state index < -0.39 is 20.6 Å². The first-order chi connectivity index (χ1) is 9.70. The molecule has 7 heteroatoms. The fourth-order valence-electron chi connectivity index (χ4n) is 2.72. The zero-order chi connectivity index (χ0) is 15.8. The van der Waals surface area contributed by atoms with Gasteiger partial charge in [0.15, 0.2) is 14.6 Å². The van der Waals surface area contributed by atoms with Crippen molar-refractivity contribution in [1.82, 2.24) is 0 Å². The molecule has 0 aromatic heterocycles. The van der Waals surface area contributed by atoms with Crippen LogP contribution in [0, 0.1) is 5.92 Å². The number of sulfone groups is 1. The Balaban J connectivity index is 2.59. The van der Waals surface area contributed by atoms with E-state index in [-0.39, 0.29) is 17.7 Å². The van der Waals surface area contributed by atoms with E-state index in [1.54, 1.807) is 12.1 Å². The number of carbonyl (C=O) groups is 1. The number of carboxylic acids is 1. The number of halogens is 2. The monoisotopic (exact) mass is 438 g/mol. The van der Waals surface area contributed by atoms with Crippen LogP contribution >= 0.6 is 31.9 Å². The first kappa shape index (κ1) is 17.0. The molecule has 0 amide bonds. The molecule has 0 unspecified atom stereocenters. The molecule has 2 rings (SSSR count). The lowest BCUT2D eigenvalue weighted by Crippen LogP contribution is -2.49. The number of aliphatic carboxylic acids is 1. The summed E-state index contributed by atoms with van der Waals surface area (Å²) in [4.78, 5) is 11.8. The van der Waals surface area contributed by atoms with Gasteiger partial charge >= 0.3 is 5.97 Å². The van der Waals surface area contributed by atoms with Crippen molar-refractivity contribution in [2.24, 2.45) is 5.92 Å². The van der Waals surface area contributed by atoms with E-state index in [9.17, 15) is 18.3 Å². The quantitative estimate of drug-likeness (QED) is 0.771. The minimum atomic E-state index is -3.98. The van der Waals surface area contributed by atoms with Crippen LogP contribution < -0.4 is 0 Å². The van der Waals surface area contributed by atoms with Crippen molar-refractivity contribution in [1.29, 1.82) is 0 Å². The molecule has 116 valence electrons. The summed E-state index contributed by atoms with van der Waals surface area (Å²) in [5, 5.41) is 9.63. The van der Waals surface area contributed by atoms with E-state index in [1.807, 2.05) is 6.92 Å². The Morgan fingerprint density at radius 1 is 1.29 bits per heavy atom. The molecule has 1 aromatic carbocycles. The summed E-state index contributed by atoms with van der Waals surface area (Å²) in [5.41, 5.74) is 0. The van der Waals surface area contributed by atoms with Crippen LogP contribution in [0.25, 0.3) is 0 Å². The minimum Gasteiger partial charge on any atom is -0.480 e. The Bertz CT molecular complexity index is 662. The number of rotatable bonds is 3. The molecule has 0 radical (unpaired) electrons. The van der Waals surface area contributed by atoms with Crippen LogP contribution in [0.5, 0.6) is 0 Å². The number of hydrogen-bond donors (Lipinski definition) is 1. The second-order valence-corrected chi connectivity index (χ2v) is 9.56. The first-order valence-electron chi connectivity index (χ1n) is 6.64. The van der Waals surface area contributed by atoms with Gasteiger partial charge in [-0.2, -0.15) is 0 Å². The van der Waals surface area contributed by atoms with Crippen LogP contribution in [0.4, 0.5) is 0 Å². The molecule has 4 nitrogen and oxygen atoms in total. The van der Waals surface area contributed by atoms with Gasteiger partial charge < -0.3 is 5.11 Å². The highest BCUT2D eigenvalue weighted by Gasteiger charge is 2.53. The van der Waals surface area contributed by atoms with Crippen LogP contribution in [-0.4, -0.2) is 24.2 Å². The molecule has 0 saturated heterocycles. The van der Waals surface area contributed by atoms with Gasteiger partial charge in [-0.05, 0) is 65.7 Å². The molecule has 0 atom stereocenters. The Morgan fingerprint density at radius 3 is 2.38 bits per heavy atom. The Kier molecular flexibility index (Phi) is 4.85. The summed E-state index contributed by atoms with van der Waals surface area (Å²) in [6.45, 7) is 2.02. The third-order valence-corrected chi connectivity index (χ3v) is 8.14. The molecule has 0 heterocycles. The summed E-state index contributed by atoms with van der Waals surface area (Å²) in [6.07, 6.45) is 1.53. The zero-order valence-electron chi connectivity index (χ0n) is 11.5. The lowest BCUT2D eigenvalue weighted by molar-refractivity contribution is -0.141. The fourth-order valence-corrected chi connectivity index (χ4v) is 6.15. The third-order valence-electron chi connectivity index (χ3n) is 4.17. The SMILES string of the molecule is CC1CCC(C(=O)O)(S(=O)(=O)c2cc(Br)ccc2Br)CC1. The highest BCUT2D eigenvalue weighted by Crippen LogP contribution is 2.43. The van der Waals surface area contributed by atoms with Gasteiger partial charge in [-0.15, -0.1) is 0 Å². The van der Waals surface area contributed by atoms with Gasteiger partial charge in [-0.25, -0.2) is 8.42 Å². The van der Waals surface area contributed by atoms with Gasteiger partial charge in [0.2, 0.25) is 0 Å². The molecule has 21 heavy (non-hydrogen) atoms. The van der Waals surface area contributed by atoms with Crippen molar-refractivity contribution in [3.63, 3.8) is 0 Å². The van der Waals surface area contributed by atoms with Crippen molar-refractivity contribution in [3.8, 4) is 0 Å². The van der Waals surface area contributed by atoms with Gasteiger partial charge in [-0.1, -0.05) is 22.9 Å². The maximum Gasteiger partial charge on any atom is 0.325 e. The van der Waals surface area contributed by atoms with E-state index in [2.05, 4.69) is 31.9 Å². The van der Waals surface area contributed by atoms with Crippen LogP contribution in [0.3, 0.4) is 0 Å². The van der Waals surface area contributed by atoms with E-state index in [0.717, 1.165) is 0 Å². The largest absolute Gasteiger partial charge is 0.480 e. The molecule has 0 aliphatic heterocycles. The van der Waals surface area contributed by atoms with Crippen molar-refractivity contribution in [3.05, 3.63) is 27.1 Å². The van der Waals surface area contributed by atoms with Gasteiger partial charge in [0.05, 0.1) is 4.90 Å². The topological polar surface area (TPSA) is 71.4 Å². The molecular weight excluding hydrogens is 424 g/mol. The molecule has 1 aromatic rings. The average molecular weight is 440 g/mol. The number of carboxylic acid groups (broad SMARTS) is 1. The van der Waals surface area contributed by atoms with E-state index in [0.29, 0.717) is 27.7 Å². The Hall–Kier alpha value is -0.400. The lowest BCUT2D eigenvalue weighted by Gasteiger charge is -2.35. The van der Waals surface area contributed by atoms with Gasteiger partial charge in [0.1, 0.15) is 0 Å². The first-order valence-corrected chi connectivity index (χ1v) is 9.71. The third kappa shape index (κ3) is 2.92. The van der Waals surface area contributed by atoms with Crippen LogP contribution in [0.2, 0.25) is 0 Å². The molecular formula is C14H16Br2O4S. The summed E-state index contributed by atoms with van der Waals surface area (Å²) in [5.74, 6) is -0.889. The lowest BCUT2D eigenvalue weighted by atomic mass is 9.82. The van der Waals surface area contributed by atoms with E-state index in [4.69, 9.17) is 0 Å². The maximum absolute atomic E-state index is 13.0. The van der Waals surface area contributed by atoms with Gasteiger partial charge in [-0.3, -0.25) is 4.79 Å². The molecule has 0 bridgehead atoms. The Labute approximate surface area is 141 Å². The standard InChI is InChI=1S/C14H16Br2O4S/c1-9-4-6-14(7-5-9,13(17)18)21(19,20)12-8-10(15)2-3-11(12)16/h2-3,8-9H,4-7H2,1H3,(H,17,18). The molecule has 0 spiro atoms. The second-order valence-electron chi connectivity index (χ2n) is 5.56. The van der Waals surface area contributed by atoms with E-state index in [1.165, 1.54) is 6.07 Å². The minimum absolute atomic E-state index is 0.0360. The second kappa shape index (κ2) is 6.01. The summed E-state index contributed by atoms with van der Waals surface area (Å²) < 4.78 is 25.3. The van der Waals surface area contributed by atoms with Crippen molar-refractivity contribution < 1.29 is 18.3 Å². The normalized spacial score (nSPS) is 26.5. The predicted molar refractivity (Wildman–Crippen MR) is 87.0 cm³/mol. The van der Waals surface area contributed by atoms with Crippen LogP contribution in [0.15, 0.2) is 32.0 Å². The Morgan fingerprint density at radius 2 is 1.86 bits per heavy atom. The summed E-state index contributed by atoms with van der Waals surface area (Å²) in [6, 6.07) is 4.78. The van der Waals surface area contributed by atoms with Gasteiger partial charge in [0, 0.05) is 8.95 Å². The molecule has 1 aliphatic rings. The van der Waals surface area contributed by atoms with Crippen LogP contribution in [-0.2, 0) is 14.6 Å². The van der Waals surface area contributed by atoms with Crippen molar-refractivity contribution in [2.75, 3.05) is 0 Å². The van der Waals surface area contributed by atoms with E-state index >= 15 is 0 Å². The van der Waals surface area contributed by atoms with Crippen LogP contribution in [0.1, 0.15) is 32.6 Å². The highest BCUT2D eigenvalue weighted by molar-refractivity contribution is 9.11. The molecule has 1 saturated carbocycles. The molecule has 1 N–H and O–H groups in total. The smallest absolute Gasteiger partial charge is 0.325 e. The summed E-state index contributed by atoms with van der Waals surface area (Å²) in [7, 11) is -3.98. The number of hydrogen-bond acceptors (Lipinski definition) is 3. The zero-order valence-corrected chi connectivity index (χ0v) is 15.5. The fraction of sp³-hybridized carbons (Fsp3) is 0.500.